The predicted octanol–water partition coefficient (Wildman–Crippen LogP) is 4.09. The minimum absolute atomic E-state index is 0.255. The average Bonchev–Trinajstić information content (AvgIpc) is 2.69. The molecular formula is C21H21NO3S. The molecule has 0 heterocycles. The standard InChI is InChI=1S/C21H21NO3S/c1-25-20-12-14-21(15-13-20)26(23,24)22(16-18-8-4-2-5-9-18)17-19-10-6-3-7-11-19/h2-15H,16-17H2,1H3. The first-order chi connectivity index (χ1) is 12.6. The van der Waals surface area contributed by atoms with Crippen molar-refractivity contribution in [3.8, 4) is 5.75 Å². The lowest BCUT2D eigenvalue weighted by atomic mass is 10.2. The third-order valence-corrected chi connectivity index (χ3v) is 5.91. The third-order valence-electron chi connectivity index (χ3n) is 4.10. The van der Waals surface area contributed by atoms with Crippen molar-refractivity contribution < 1.29 is 13.2 Å². The predicted molar refractivity (Wildman–Crippen MR) is 102 cm³/mol. The Labute approximate surface area is 154 Å². The second-order valence-corrected chi connectivity index (χ2v) is 7.86. The summed E-state index contributed by atoms with van der Waals surface area (Å²) in [6.07, 6.45) is 0. The second kappa shape index (κ2) is 8.17. The second-order valence-electron chi connectivity index (χ2n) is 5.92. The molecule has 0 amide bonds. The molecule has 0 unspecified atom stereocenters. The summed E-state index contributed by atoms with van der Waals surface area (Å²) in [7, 11) is -2.09. The zero-order chi connectivity index (χ0) is 18.4. The molecule has 3 aromatic rings. The van der Waals surface area contributed by atoms with Crippen molar-refractivity contribution in [2.24, 2.45) is 0 Å². The first kappa shape index (κ1) is 18.2. The van der Waals surface area contributed by atoms with Crippen molar-refractivity contribution >= 4 is 10.0 Å². The van der Waals surface area contributed by atoms with Crippen molar-refractivity contribution in [1.29, 1.82) is 0 Å². The van der Waals surface area contributed by atoms with E-state index in [-0.39, 0.29) is 4.90 Å². The van der Waals surface area contributed by atoms with Crippen LogP contribution in [0.3, 0.4) is 0 Å². The maximum Gasteiger partial charge on any atom is 0.243 e. The first-order valence-electron chi connectivity index (χ1n) is 8.31. The molecule has 134 valence electrons. The van der Waals surface area contributed by atoms with Crippen molar-refractivity contribution in [3.63, 3.8) is 0 Å². The molecule has 0 spiro atoms. The van der Waals surface area contributed by atoms with E-state index in [4.69, 9.17) is 4.74 Å². The van der Waals surface area contributed by atoms with Gasteiger partial charge in [-0.05, 0) is 35.4 Å². The quantitative estimate of drug-likeness (QED) is 0.632. The van der Waals surface area contributed by atoms with Gasteiger partial charge in [-0.1, -0.05) is 60.7 Å². The fourth-order valence-corrected chi connectivity index (χ4v) is 4.11. The van der Waals surface area contributed by atoms with Crippen molar-refractivity contribution in [2.45, 2.75) is 18.0 Å². The van der Waals surface area contributed by atoms with E-state index in [9.17, 15) is 8.42 Å². The molecular weight excluding hydrogens is 346 g/mol. The van der Waals surface area contributed by atoms with E-state index in [0.29, 0.717) is 18.8 Å². The van der Waals surface area contributed by atoms with Gasteiger partial charge in [0.15, 0.2) is 0 Å². The van der Waals surface area contributed by atoms with Crippen LogP contribution < -0.4 is 4.74 Å². The molecule has 0 aliphatic carbocycles. The highest BCUT2D eigenvalue weighted by atomic mass is 32.2. The molecule has 0 atom stereocenters. The summed E-state index contributed by atoms with van der Waals surface area (Å²) in [5.74, 6) is 0.626. The largest absolute Gasteiger partial charge is 0.497 e. The molecule has 26 heavy (non-hydrogen) atoms. The zero-order valence-electron chi connectivity index (χ0n) is 14.6. The Morgan fingerprint density at radius 3 is 1.62 bits per heavy atom. The van der Waals surface area contributed by atoms with Gasteiger partial charge >= 0.3 is 0 Å². The molecule has 5 heteroatoms. The summed E-state index contributed by atoms with van der Waals surface area (Å²) in [5, 5.41) is 0. The smallest absolute Gasteiger partial charge is 0.243 e. The number of ether oxygens (including phenoxy) is 1. The molecule has 0 aliphatic rings. The van der Waals surface area contributed by atoms with Gasteiger partial charge in [0.05, 0.1) is 12.0 Å². The number of hydrogen-bond donors (Lipinski definition) is 0. The van der Waals surface area contributed by atoms with Gasteiger partial charge in [-0.15, -0.1) is 0 Å². The fourth-order valence-electron chi connectivity index (χ4n) is 2.70. The molecule has 0 fully saturated rings. The molecule has 0 aromatic heterocycles. The maximum atomic E-state index is 13.2. The van der Waals surface area contributed by atoms with Crippen LogP contribution in [-0.4, -0.2) is 19.8 Å². The Hall–Kier alpha value is -2.63. The minimum atomic E-state index is -3.64. The number of methoxy groups -OCH3 is 1. The van der Waals surface area contributed by atoms with Gasteiger partial charge in [0.2, 0.25) is 10.0 Å². The monoisotopic (exact) mass is 367 g/mol. The highest BCUT2D eigenvalue weighted by Gasteiger charge is 2.25. The van der Waals surface area contributed by atoms with Gasteiger partial charge in [-0.2, -0.15) is 4.31 Å². The summed E-state index contributed by atoms with van der Waals surface area (Å²) in [6, 6.07) is 25.7. The van der Waals surface area contributed by atoms with Crippen LogP contribution >= 0.6 is 0 Å². The first-order valence-corrected chi connectivity index (χ1v) is 9.75. The van der Waals surface area contributed by atoms with E-state index in [1.165, 1.54) is 4.31 Å². The van der Waals surface area contributed by atoms with Crippen LogP contribution in [0.4, 0.5) is 0 Å². The van der Waals surface area contributed by atoms with E-state index < -0.39 is 10.0 Å². The number of hydrogen-bond acceptors (Lipinski definition) is 3. The number of nitrogens with zero attached hydrogens (tertiary/aromatic N) is 1. The van der Waals surface area contributed by atoms with Crippen molar-refractivity contribution in [2.75, 3.05) is 7.11 Å². The summed E-state index contributed by atoms with van der Waals surface area (Å²) in [4.78, 5) is 0.255. The van der Waals surface area contributed by atoms with Gasteiger partial charge in [-0.25, -0.2) is 8.42 Å². The van der Waals surface area contributed by atoms with Crippen molar-refractivity contribution in [3.05, 3.63) is 96.1 Å². The Morgan fingerprint density at radius 2 is 1.19 bits per heavy atom. The van der Waals surface area contributed by atoms with E-state index in [2.05, 4.69) is 0 Å². The molecule has 0 bridgehead atoms. The third kappa shape index (κ3) is 4.31. The SMILES string of the molecule is COc1ccc(S(=O)(=O)N(Cc2ccccc2)Cc2ccccc2)cc1. The van der Waals surface area contributed by atoms with Crippen LogP contribution in [0, 0.1) is 0 Å². The number of rotatable bonds is 7. The van der Waals surface area contributed by atoms with Gasteiger partial charge in [0.25, 0.3) is 0 Å². The average molecular weight is 367 g/mol. The number of benzene rings is 3. The molecule has 3 aromatic carbocycles. The Morgan fingerprint density at radius 1 is 0.731 bits per heavy atom. The molecule has 0 saturated heterocycles. The molecule has 0 radical (unpaired) electrons. The molecule has 0 aliphatic heterocycles. The van der Waals surface area contributed by atoms with Crippen LogP contribution in [0.25, 0.3) is 0 Å². The maximum absolute atomic E-state index is 13.2. The van der Waals surface area contributed by atoms with E-state index in [0.717, 1.165) is 11.1 Å². The van der Waals surface area contributed by atoms with Crippen molar-refractivity contribution in [1.82, 2.24) is 4.31 Å². The van der Waals surface area contributed by atoms with Crippen LogP contribution in [0.5, 0.6) is 5.75 Å². The lowest BCUT2D eigenvalue weighted by molar-refractivity contribution is 0.400. The van der Waals surface area contributed by atoms with E-state index >= 15 is 0 Å². The summed E-state index contributed by atoms with van der Waals surface area (Å²) >= 11 is 0. The van der Waals surface area contributed by atoms with Gasteiger partial charge in [-0.3, -0.25) is 0 Å². The van der Waals surface area contributed by atoms with Crippen LogP contribution in [-0.2, 0) is 23.1 Å². The highest BCUT2D eigenvalue weighted by molar-refractivity contribution is 7.89. The lowest BCUT2D eigenvalue weighted by Gasteiger charge is -2.22. The Kier molecular flexibility index (Phi) is 5.71. The molecule has 4 nitrogen and oxygen atoms in total. The van der Waals surface area contributed by atoms with E-state index in [1.54, 1.807) is 31.4 Å². The topological polar surface area (TPSA) is 46.6 Å². The Balaban J connectivity index is 1.94. The van der Waals surface area contributed by atoms with Crippen LogP contribution in [0.2, 0.25) is 0 Å². The van der Waals surface area contributed by atoms with Gasteiger partial charge in [0, 0.05) is 13.1 Å². The molecule has 3 rings (SSSR count). The number of sulfonamides is 1. The highest BCUT2D eigenvalue weighted by Crippen LogP contribution is 2.23. The summed E-state index contributed by atoms with van der Waals surface area (Å²) in [5.41, 5.74) is 1.89. The van der Waals surface area contributed by atoms with E-state index in [1.807, 2.05) is 60.7 Å². The van der Waals surface area contributed by atoms with Crippen LogP contribution in [0.1, 0.15) is 11.1 Å². The Bertz CT molecular complexity index is 883. The summed E-state index contributed by atoms with van der Waals surface area (Å²) < 4.78 is 33.1. The molecule has 0 N–H and O–H groups in total. The van der Waals surface area contributed by atoms with Crippen LogP contribution in [0.15, 0.2) is 89.8 Å². The minimum Gasteiger partial charge on any atom is -0.497 e. The summed E-state index contributed by atoms with van der Waals surface area (Å²) in [6.45, 7) is 0.619. The molecule has 0 saturated carbocycles. The van der Waals surface area contributed by atoms with Gasteiger partial charge in [0.1, 0.15) is 5.75 Å². The normalized spacial score (nSPS) is 11.5. The lowest BCUT2D eigenvalue weighted by Crippen LogP contribution is -2.30. The van der Waals surface area contributed by atoms with Gasteiger partial charge < -0.3 is 4.74 Å². The fraction of sp³-hybridized carbons (Fsp3) is 0.143. The zero-order valence-corrected chi connectivity index (χ0v) is 15.4.